The average molecular weight is 348 g/mol. The van der Waals surface area contributed by atoms with Crippen LogP contribution in [0.15, 0.2) is 4.52 Å². The summed E-state index contributed by atoms with van der Waals surface area (Å²) in [4.78, 5) is 19.8. The van der Waals surface area contributed by atoms with Crippen molar-refractivity contribution in [1.29, 1.82) is 0 Å². The lowest BCUT2D eigenvalue weighted by Crippen LogP contribution is -2.64. The van der Waals surface area contributed by atoms with Gasteiger partial charge in [-0.1, -0.05) is 19.0 Å². The van der Waals surface area contributed by atoms with Gasteiger partial charge in [0.2, 0.25) is 0 Å². The van der Waals surface area contributed by atoms with Crippen molar-refractivity contribution in [2.45, 2.75) is 52.6 Å². The number of nitrogens with zero attached hydrogens (tertiary/aromatic N) is 4. The third kappa shape index (κ3) is 3.90. The van der Waals surface area contributed by atoms with E-state index in [2.05, 4.69) is 35.9 Å². The molecular weight excluding hydrogens is 316 g/mol. The van der Waals surface area contributed by atoms with Crippen LogP contribution in [-0.2, 0) is 0 Å². The predicted molar refractivity (Wildman–Crippen MR) is 97.7 cm³/mol. The summed E-state index contributed by atoms with van der Waals surface area (Å²) < 4.78 is 5.15. The molecule has 2 aliphatic rings. The summed E-state index contributed by atoms with van der Waals surface area (Å²) in [6, 6.07) is 1.14. The van der Waals surface area contributed by atoms with Crippen LogP contribution in [0.5, 0.6) is 0 Å². The van der Waals surface area contributed by atoms with Gasteiger partial charge >= 0.3 is 0 Å². The highest BCUT2D eigenvalue weighted by Crippen LogP contribution is 2.27. The van der Waals surface area contributed by atoms with Crippen LogP contribution in [0.25, 0.3) is 0 Å². The van der Waals surface area contributed by atoms with Crippen LogP contribution in [0.1, 0.15) is 48.5 Å². The maximum Gasteiger partial charge on any atom is 0.259 e. The van der Waals surface area contributed by atoms with Gasteiger partial charge in [-0.3, -0.25) is 9.69 Å². The molecule has 0 bridgehead atoms. The van der Waals surface area contributed by atoms with Crippen LogP contribution < -0.4 is 0 Å². The number of hydrogen-bond acceptors (Lipinski definition) is 5. The zero-order valence-corrected chi connectivity index (χ0v) is 16.3. The summed E-state index contributed by atoms with van der Waals surface area (Å²) in [5.74, 6) is 1.34. The van der Waals surface area contributed by atoms with Gasteiger partial charge in [0.25, 0.3) is 5.91 Å². The molecule has 6 nitrogen and oxygen atoms in total. The first kappa shape index (κ1) is 18.4. The monoisotopic (exact) mass is 348 g/mol. The minimum absolute atomic E-state index is 0.0698. The fraction of sp³-hybridized carbons (Fsp3) is 0.789. The van der Waals surface area contributed by atoms with Crippen LogP contribution in [0.2, 0.25) is 0 Å². The summed E-state index contributed by atoms with van der Waals surface area (Å²) in [6.07, 6.45) is 2.47. The molecule has 2 saturated heterocycles. The molecule has 2 fully saturated rings. The molecule has 140 valence electrons. The molecule has 6 heteroatoms. The van der Waals surface area contributed by atoms with Crippen molar-refractivity contribution in [2.75, 3.05) is 39.8 Å². The van der Waals surface area contributed by atoms with Gasteiger partial charge in [-0.25, -0.2) is 0 Å². The van der Waals surface area contributed by atoms with E-state index in [9.17, 15) is 4.79 Å². The van der Waals surface area contributed by atoms with Gasteiger partial charge in [0.05, 0.1) is 5.69 Å². The Morgan fingerprint density at radius 1 is 1.24 bits per heavy atom. The number of hydrogen-bond donors (Lipinski definition) is 0. The number of carbonyl (C=O) groups is 1. The molecule has 1 aromatic heterocycles. The first-order valence-corrected chi connectivity index (χ1v) is 9.53. The number of likely N-dealkylation sites (tertiary alicyclic amines) is 2. The first-order valence-electron chi connectivity index (χ1n) is 9.53. The highest BCUT2D eigenvalue weighted by atomic mass is 16.5. The number of rotatable bonds is 5. The van der Waals surface area contributed by atoms with Crippen LogP contribution in [0.4, 0.5) is 0 Å². The molecule has 0 spiro atoms. The number of carbonyl (C=O) groups excluding carboxylic acids is 1. The summed E-state index contributed by atoms with van der Waals surface area (Å²) in [7, 11) is 2.20. The van der Waals surface area contributed by atoms with Gasteiger partial charge in [-0.2, -0.15) is 0 Å². The van der Waals surface area contributed by atoms with Crippen molar-refractivity contribution in [1.82, 2.24) is 19.9 Å². The highest BCUT2D eigenvalue weighted by Gasteiger charge is 2.40. The summed E-state index contributed by atoms with van der Waals surface area (Å²) >= 11 is 0. The van der Waals surface area contributed by atoms with E-state index in [1.807, 2.05) is 18.7 Å². The Bertz CT molecular complexity index is 579. The number of piperidine rings is 1. The smallest absolute Gasteiger partial charge is 0.259 e. The zero-order valence-electron chi connectivity index (χ0n) is 16.3. The molecule has 1 aromatic rings. The molecule has 1 amide bonds. The Morgan fingerprint density at radius 3 is 2.40 bits per heavy atom. The standard InChI is InChI=1S/C19H32N4O2/c1-13(2)10-23(16-6-8-21(5)9-7-16)17-11-22(12-17)19(24)18-14(3)20-25-15(18)4/h13,16-17H,6-12H2,1-5H3. The van der Waals surface area contributed by atoms with Crippen molar-refractivity contribution in [3.8, 4) is 0 Å². The molecular formula is C19H32N4O2. The number of amides is 1. The predicted octanol–water partition coefficient (Wildman–Crippen LogP) is 2.17. The lowest BCUT2D eigenvalue weighted by atomic mass is 9.96. The van der Waals surface area contributed by atoms with Crippen LogP contribution in [0, 0.1) is 19.8 Å². The maximum absolute atomic E-state index is 12.7. The van der Waals surface area contributed by atoms with Crippen molar-refractivity contribution in [3.63, 3.8) is 0 Å². The van der Waals surface area contributed by atoms with E-state index in [1.165, 1.54) is 25.9 Å². The molecule has 0 aromatic carbocycles. The van der Waals surface area contributed by atoms with E-state index in [0.717, 1.165) is 19.6 Å². The number of aromatic nitrogens is 1. The third-order valence-electron chi connectivity index (χ3n) is 5.60. The van der Waals surface area contributed by atoms with E-state index >= 15 is 0 Å². The van der Waals surface area contributed by atoms with Crippen molar-refractivity contribution in [2.24, 2.45) is 5.92 Å². The minimum Gasteiger partial charge on any atom is -0.361 e. The normalized spacial score (nSPS) is 20.5. The summed E-state index contributed by atoms with van der Waals surface area (Å²) in [5, 5.41) is 3.91. The van der Waals surface area contributed by atoms with Gasteiger partial charge < -0.3 is 14.3 Å². The molecule has 0 N–H and O–H groups in total. The summed E-state index contributed by atoms with van der Waals surface area (Å²) in [6.45, 7) is 13.3. The second kappa shape index (κ2) is 7.46. The van der Waals surface area contributed by atoms with E-state index < -0.39 is 0 Å². The van der Waals surface area contributed by atoms with Gasteiger partial charge in [0.15, 0.2) is 0 Å². The molecule has 0 unspecified atom stereocenters. The Morgan fingerprint density at radius 2 is 1.88 bits per heavy atom. The number of aryl methyl sites for hydroxylation is 2. The van der Waals surface area contributed by atoms with E-state index in [0.29, 0.717) is 35.0 Å². The van der Waals surface area contributed by atoms with E-state index in [1.54, 1.807) is 0 Å². The highest BCUT2D eigenvalue weighted by molar-refractivity contribution is 5.96. The molecule has 0 saturated carbocycles. The Kier molecular flexibility index (Phi) is 5.49. The van der Waals surface area contributed by atoms with Gasteiger partial charge in [-0.15, -0.1) is 0 Å². The fourth-order valence-corrected chi connectivity index (χ4v) is 4.12. The van der Waals surface area contributed by atoms with Crippen LogP contribution in [0.3, 0.4) is 0 Å². The van der Waals surface area contributed by atoms with Crippen LogP contribution in [-0.4, -0.2) is 77.6 Å². The minimum atomic E-state index is 0.0698. The zero-order chi connectivity index (χ0) is 18.1. The van der Waals surface area contributed by atoms with E-state index in [4.69, 9.17) is 4.52 Å². The Balaban J connectivity index is 1.62. The first-order chi connectivity index (χ1) is 11.9. The van der Waals surface area contributed by atoms with Gasteiger partial charge in [0, 0.05) is 31.7 Å². The SMILES string of the molecule is Cc1noc(C)c1C(=O)N1CC(N(CC(C)C)C2CCN(C)CC2)C1. The van der Waals surface area contributed by atoms with Crippen LogP contribution >= 0.6 is 0 Å². The lowest BCUT2D eigenvalue weighted by Gasteiger charge is -2.50. The molecule has 0 atom stereocenters. The largest absolute Gasteiger partial charge is 0.361 e. The molecule has 2 aliphatic heterocycles. The molecule has 0 aliphatic carbocycles. The van der Waals surface area contributed by atoms with E-state index in [-0.39, 0.29) is 5.91 Å². The maximum atomic E-state index is 12.7. The topological polar surface area (TPSA) is 52.8 Å². The Labute approximate surface area is 151 Å². The van der Waals surface area contributed by atoms with Gasteiger partial charge in [0.1, 0.15) is 11.3 Å². The summed E-state index contributed by atoms with van der Waals surface area (Å²) in [5.41, 5.74) is 1.34. The molecule has 3 rings (SSSR count). The molecule has 3 heterocycles. The fourth-order valence-electron chi connectivity index (χ4n) is 4.12. The quantitative estimate of drug-likeness (QED) is 0.816. The second-order valence-corrected chi connectivity index (χ2v) is 8.19. The Hall–Kier alpha value is -1.40. The van der Waals surface area contributed by atoms with Crippen molar-refractivity contribution in [3.05, 3.63) is 17.0 Å². The van der Waals surface area contributed by atoms with Gasteiger partial charge in [-0.05, 0) is 52.7 Å². The van der Waals surface area contributed by atoms with Crippen molar-refractivity contribution >= 4 is 5.91 Å². The second-order valence-electron chi connectivity index (χ2n) is 8.19. The third-order valence-corrected chi connectivity index (χ3v) is 5.60. The molecule has 25 heavy (non-hydrogen) atoms. The van der Waals surface area contributed by atoms with Crippen molar-refractivity contribution < 1.29 is 9.32 Å². The average Bonchev–Trinajstić information content (AvgIpc) is 2.84. The molecule has 0 radical (unpaired) electrons. The lowest BCUT2D eigenvalue weighted by molar-refractivity contribution is -0.00810.